The van der Waals surface area contributed by atoms with Crippen LogP contribution in [0.1, 0.15) is 12.0 Å². The number of carbonyl (C=O) groups excluding carboxylic acids is 2. The normalized spacial score (nSPS) is 28.0. The van der Waals surface area contributed by atoms with Crippen molar-refractivity contribution in [1.29, 1.82) is 0 Å². The molecule has 0 aliphatic carbocycles. The molecule has 6 heteroatoms. The summed E-state index contributed by atoms with van der Waals surface area (Å²) in [5, 5.41) is 12.3. The molecule has 2 N–H and O–H groups in total. The lowest BCUT2D eigenvalue weighted by Crippen LogP contribution is -2.59. The molecule has 21 heavy (non-hydrogen) atoms. The molecule has 2 heterocycles. The van der Waals surface area contributed by atoms with Crippen molar-refractivity contribution >= 4 is 12.0 Å². The SMILES string of the molecule is O=C1NC(O)C2C[C@H]1CN(C(=O)OCc1ccccc1)C2. The Morgan fingerprint density at radius 1 is 1.33 bits per heavy atom. The number of amides is 2. The van der Waals surface area contributed by atoms with E-state index in [1.807, 2.05) is 30.3 Å². The molecule has 2 bridgehead atoms. The average Bonchev–Trinajstić information content (AvgIpc) is 2.51. The van der Waals surface area contributed by atoms with E-state index in [1.165, 1.54) is 4.90 Å². The summed E-state index contributed by atoms with van der Waals surface area (Å²) in [5.41, 5.74) is 0.917. The van der Waals surface area contributed by atoms with Gasteiger partial charge in [-0.15, -0.1) is 0 Å². The van der Waals surface area contributed by atoms with Crippen LogP contribution in [-0.2, 0) is 16.1 Å². The molecule has 1 aromatic carbocycles. The van der Waals surface area contributed by atoms with Crippen LogP contribution in [0.3, 0.4) is 0 Å². The lowest BCUT2D eigenvalue weighted by Gasteiger charge is -2.42. The third kappa shape index (κ3) is 3.00. The second-order valence-electron chi connectivity index (χ2n) is 5.59. The Hall–Kier alpha value is -2.08. The minimum Gasteiger partial charge on any atom is -0.445 e. The number of ether oxygens (including phenoxy) is 1. The molecule has 2 aliphatic rings. The third-order valence-electron chi connectivity index (χ3n) is 4.05. The molecular formula is C15H18N2O4. The number of nitrogens with zero attached hydrogens (tertiary/aromatic N) is 1. The highest BCUT2D eigenvalue weighted by Crippen LogP contribution is 2.28. The number of hydrogen-bond acceptors (Lipinski definition) is 4. The predicted octanol–water partition coefficient (Wildman–Crippen LogP) is 0.709. The van der Waals surface area contributed by atoms with E-state index in [2.05, 4.69) is 5.32 Å². The molecule has 0 saturated carbocycles. The second-order valence-corrected chi connectivity index (χ2v) is 5.59. The van der Waals surface area contributed by atoms with Gasteiger partial charge in [0.1, 0.15) is 12.8 Å². The van der Waals surface area contributed by atoms with Crippen LogP contribution < -0.4 is 5.32 Å². The molecular weight excluding hydrogens is 272 g/mol. The standard InChI is InChI=1S/C15H18N2O4/c18-13-11-6-12(14(19)16-13)8-17(7-11)15(20)21-9-10-4-2-1-3-5-10/h1-5,11-13,18H,6-9H2,(H,16,19)/t11?,12-,13?/m0/s1. The van der Waals surface area contributed by atoms with Gasteiger partial charge < -0.3 is 20.1 Å². The van der Waals surface area contributed by atoms with Crippen LogP contribution in [0.2, 0.25) is 0 Å². The first kappa shape index (κ1) is 13.9. The summed E-state index contributed by atoms with van der Waals surface area (Å²) in [6.07, 6.45) is -0.691. The first-order valence-electron chi connectivity index (χ1n) is 7.07. The summed E-state index contributed by atoms with van der Waals surface area (Å²) in [7, 11) is 0. The van der Waals surface area contributed by atoms with Crippen molar-refractivity contribution in [2.75, 3.05) is 13.1 Å². The summed E-state index contributed by atoms with van der Waals surface area (Å²) >= 11 is 0. The van der Waals surface area contributed by atoms with Gasteiger partial charge in [0.05, 0.1) is 5.92 Å². The summed E-state index contributed by atoms with van der Waals surface area (Å²) < 4.78 is 5.28. The maximum Gasteiger partial charge on any atom is 0.410 e. The van der Waals surface area contributed by atoms with Crippen molar-refractivity contribution in [3.8, 4) is 0 Å². The molecule has 2 fully saturated rings. The monoisotopic (exact) mass is 290 g/mol. The quantitative estimate of drug-likeness (QED) is 0.841. The average molecular weight is 290 g/mol. The topological polar surface area (TPSA) is 78.9 Å². The number of benzene rings is 1. The molecule has 2 aliphatic heterocycles. The molecule has 2 unspecified atom stereocenters. The number of aliphatic hydroxyl groups excluding tert-OH is 1. The van der Waals surface area contributed by atoms with Crippen LogP contribution in [0.15, 0.2) is 30.3 Å². The van der Waals surface area contributed by atoms with E-state index >= 15 is 0 Å². The summed E-state index contributed by atoms with van der Waals surface area (Å²) in [6, 6.07) is 9.44. The first-order chi connectivity index (χ1) is 10.1. The van der Waals surface area contributed by atoms with Crippen LogP contribution in [0, 0.1) is 11.8 Å². The predicted molar refractivity (Wildman–Crippen MR) is 73.9 cm³/mol. The smallest absolute Gasteiger partial charge is 0.410 e. The lowest BCUT2D eigenvalue weighted by molar-refractivity contribution is -0.139. The number of nitrogens with one attached hydrogen (secondary N) is 1. The van der Waals surface area contributed by atoms with Crippen LogP contribution in [-0.4, -0.2) is 41.3 Å². The Labute approximate surface area is 122 Å². The zero-order valence-corrected chi connectivity index (χ0v) is 11.6. The highest BCUT2D eigenvalue weighted by atomic mass is 16.6. The van der Waals surface area contributed by atoms with Crippen LogP contribution in [0.25, 0.3) is 0 Å². The van der Waals surface area contributed by atoms with E-state index in [0.717, 1.165) is 5.56 Å². The number of rotatable bonds is 2. The molecule has 3 atom stereocenters. The fourth-order valence-corrected chi connectivity index (χ4v) is 2.90. The van der Waals surface area contributed by atoms with Crippen molar-refractivity contribution in [3.63, 3.8) is 0 Å². The fourth-order valence-electron chi connectivity index (χ4n) is 2.90. The van der Waals surface area contributed by atoms with E-state index in [4.69, 9.17) is 4.74 Å². The van der Waals surface area contributed by atoms with Gasteiger partial charge in [-0.1, -0.05) is 30.3 Å². The zero-order chi connectivity index (χ0) is 14.8. The van der Waals surface area contributed by atoms with E-state index in [0.29, 0.717) is 19.5 Å². The maximum atomic E-state index is 12.1. The Morgan fingerprint density at radius 3 is 2.86 bits per heavy atom. The van der Waals surface area contributed by atoms with Gasteiger partial charge in [-0.05, 0) is 12.0 Å². The van der Waals surface area contributed by atoms with E-state index in [1.54, 1.807) is 0 Å². The highest BCUT2D eigenvalue weighted by molar-refractivity contribution is 5.81. The van der Waals surface area contributed by atoms with E-state index in [9.17, 15) is 14.7 Å². The highest BCUT2D eigenvalue weighted by Gasteiger charge is 2.42. The molecule has 3 rings (SSSR count). The Kier molecular flexibility index (Phi) is 3.79. The van der Waals surface area contributed by atoms with Gasteiger partial charge in [0, 0.05) is 19.0 Å². The number of hydrogen-bond donors (Lipinski definition) is 2. The molecule has 0 radical (unpaired) electrons. The van der Waals surface area contributed by atoms with Crippen molar-refractivity contribution < 1.29 is 19.4 Å². The van der Waals surface area contributed by atoms with Gasteiger partial charge in [0.2, 0.25) is 5.91 Å². The lowest BCUT2D eigenvalue weighted by atomic mass is 9.84. The molecule has 2 saturated heterocycles. The van der Waals surface area contributed by atoms with Gasteiger partial charge in [0.25, 0.3) is 0 Å². The van der Waals surface area contributed by atoms with Gasteiger partial charge in [0.15, 0.2) is 0 Å². The van der Waals surface area contributed by atoms with Gasteiger partial charge in [-0.3, -0.25) is 4.79 Å². The largest absolute Gasteiger partial charge is 0.445 e. The number of piperidine rings is 2. The molecule has 0 spiro atoms. The number of fused-ring (bicyclic) bond motifs is 2. The van der Waals surface area contributed by atoms with Gasteiger partial charge in [-0.2, -0.15) is 0 Å². The van der Waals surface area contributed by atoms with Crippen molar-refractivity contribution in [2.45, 2.75) is 19.3 Å². The maximum absolute atomic E-state index is 12.1. The zero-order valence-electron chi connectivity index (χ0n) is 11.6. The summed E-state index contributed by atoms with van der Waals surface area (Å²) in [6.45, 7) is 0.967. The van der Waals surface area contributed by atoms with Gasteiger partial charge in [-0.25, -0.2) is 4.79 Å². The van der Waals surface area contributed by atoms with Crippen molar-refractivity contribution in [3.05, 3.63) is 35.9 Å². The third-order valence-corrected chi connectivity index (χ3v) is 4.05. The summed E-state index contributed by atoms with van der Waals surface area (Å²) in [5.74, 6) is -0.568. The number of likely N-dealkylation sites (tertiary alicyclic amines) is 1. The van der Waals surface area contributed by atoms with Crippen LogP contribution >= 0.6 is 0 Å². The fraction of sp³-hybridized carbons (Fsp3) is 0.467. The molecule has 1 aromatic rings. The van der Waals surface area contributed by atoms with E-state index in [-0.39, 0.29) is 24.3 Å². The summed E-state index contributed by atoms with van der Waals surface area (Å²) in [4.78, 5) is 25.3. The Balaban J connectivity index is 1.59. The molecule has 0 aromatic heterocycles. The Morgan fingerprint density at radius 2 is 2.10 bits per heavy atom. The minimum absolute atomic E-state index is 0.120. The molecule has 6 nitrogen and oxygen atoms in total. The molecule has 112 valence electrons. The first-order valence-corrected chi connectivity index (χ1v) is 7.07. The van der Waals surface area contributed by atoms with Crippen molar-refractivity contribution in [2.24, 2.45) is 11.8 Å². The Bertz CT molecular complexity index is 534. The van der Waals surface area contributed by atoms with Crippen LogP contribution in [0.4, 0.5) is 4.79 Å². The van der Waals surface area contributed by atoms with Gasteiger partial charge >= 0.3 is 6.09 Å². The number of aliphatic hydroxyl groups is 1. The van der Waals surface area contributed by atoms with Crippen molar-refractivity contribution in [1.82, 2.24) is 10.2 Å². The number of carbonyl (C=O) groups is 2. The minimum atomic E-state index is -0.876. The van der Waals surface area contributed by atoms with Crippen LogP contribution in [0.5, 0.6) is 0 Å². The van der Waals surface area contributed by atoms with E-state index < -0.39 is 12.3 Å². The molecule has 2 amide bonds. The second kappa shape index (κ2) is 5.73.